The Morgan fingerprint density at radius 2 is 2.00 bits per heavy atom. The highest BCUT2D eigenvalue weighted by atomic mass is 16.5. The van der Waals surface area contributed by atoms with E-state index in [1.807, 2.05) is 24.3 Å². The minimum Gasteiger partial charge on any atom is -0.493 e. The highest BCUT2D eigenvalue weighted by molar-refractivity contribution is 5.76. The number of hydrogen-bond acceptors (Lipinski definition) is 4. The SMILES string of the molecule is CC(C)COc1ccc(-c2c(C3CC3C)noc2N)cc1. The van der Waals surface area contributed by atoms with Crippen molar-refractivity contribution in [3.63, 3.8) is 0 Å². The number of nitrogens with zero attached hydrogens (tertiary/aromatic N) is 1. The summed E-state index contributed by atoms with van der Waals surface area (Å²) in [7, 11) is 0. The Morgan fingerprint density at radius 3 is 2.57 bits per heavy atom. The van der Waals surface area contributed by atoms with Crippen molar-refractivity contribution in [1.82, 2.24) is 5.16 Å². The van der Waals surface area contributed by atoms with E-state index in [0.717, 1.165) is 35.6 Å². The summed E-state index contributed by atoms with van der Waals surface area (Å²) in [5.41, 5.74) is 8.94. The van der Waals surface area contributed by atoms with E-state index in [1.54, 1.807) is 0 Å². The van der Waals surface area contributed by atoms with Crippen LogP contribution in [0.25, 0.3) is 11.1 Å². The molecule has 2 unspecified atom stereocenters. The lowest BCUT2D eigenvalue weighted by Gasteiger charge is -2.09. The van der Waals surface area contributed by atoms with Crippen molar-refractivity contribution in [1.29, 1.82) is 0 Å². The van der Waals surface area contributed by atoms with Crippen LogP contribution in [-0.4, -0.2) is 11.8 Å². The van der Waals surface area contributed by atoms with Gasteiger partial charge in [-0.2, -0.15) is 0 Å². The van der Waals surface area contributed by atoms with Gasteiger partial charge in [0, 0.05) is 5.92 Å². The monoisotopic (exact) mass is 286 g/mol. The maximum atomic E-state index is 5.96. The summed E-state index contributed by atoms with van der Waals surface area (Å²) in [5.74, 6) is 2.95. The van der Waals surface area contributed by atoms with Gasteiger partial charge in [0.1, 0.15) is 5.75 Å². The van der Waals surface area contributed by atoms with Crippen LogP contribution in [0.1, 0.15) is 38.8 Å². The summed E-state index contributed by atoms with van der Waals surface area (Å²) in [5, 5.41) is 4.16. The van der Waals surface area contributed by atoms with Gasteiger partial charge < -0.3 is 15.0 Å². The number of nitrogens with two attached hydrogens (primary N) is 1. The Kier molecular flexibility index (Phi) is 3.62. The van der Waals surface area contributed by atoms with Crippen molar-refractivity contribution in [2.75, 3.05) is 12.3 Å². The van der Waals surface area contributed by atoms with E-state index in [9.17, 15) is 0 Å². The maximum Gasteiger partial charge on any atom is 0.230 e. The number of aromatic nitrogens is 1. The standard InChI is InChI=1S/C17H22N2O2/c1-10(2)9-20-13-6-4-12(5-7-13)15-16(14-8-11(14)3)19-21-17(15)18/h4-7,10-11,14H,8-9,18H2,1-3H3. The van der Waals surface area contributed by atoms with E-state index in [0.29, 0.717) is 23.6 Å². The molecule has 2 N–H and O–H groups in total. The number of rotatable bonds is 5. The molecular formula is C17H22N2O2. The second-order valence-electron chi connectivity index (χ2n) is 6.36. The third-order valence-corrected chi connectivity index (χ3v) is 3.93. The van der Waals surface area contributed by atoms with E-state index < -0.39 is 0 Å². The van der Waals surface area contributed by atoms with Gasteiger partial charge in [0.2, 0.25) is 5.88 Å². The largest absolute Gasteiger partial charge is 0.493 e. The topological polar surface area (TPSA) is 61.3 Å². The summed E-state index contributed by atoms with van der Waals surface area (Å²) in [6.07, 6.45) is 1.16. The van der Waals surface area contributed by atoms with Gasteiger partial charge in [0.05, 0.1) is 17.9 Å². The van der Waals surface area contributed by atoms with E-state index in [1.165, 1.54) is 0 Å². The fourth-order valence-corrected chi connectivity index (χ4v) is 2.54. The molecule has 1 fully saturated rings. The zero-order valence-corrected chi connectivity index (χ0v) is 12.8. The zero-order valence-electron chi connectivity index (χ0n) is 12.8. The molecule has 1 aliphatic carbocycles. The van der Waals surface area contributed by atoms with Crippen LogP contribution in [0.5, 0.6) is 5.75 Å². The molecule has 1 aromatic carbocycles. The van der Waals surface area contributed by atoms with Crippen molar-refractivity contribution in [3.05, 3.63) is 30.0 Å². The summed E-state index contributed by atoms with van der Waals surface area (Å²) in [6, 6.07) is 8.00. The Morgan fingerprint density at radius 1 is 1.33 bits per heavy atom. The van der Waals surface area contributed by atoms with Crippen LogP contribution in [0.3, 0.4) is 0 Å². The summed E-state index contributed by atoms with van der Waals surface area (Å²) in [6.45, 7) is 7.21. The molecule has 21 heavy (non-hydrogen) atoms. The number of nitrogen functional groups attached to an aromatic ring is 1. The fourth-order valence-electron chi connectivity index (χ4n) is 2.54. The molecule has 2 atom stereocenters. The second-order valence-corrected chi connectivity index (χ2v) is 6.36. The fraction of sp³-hybridized carbons (Fsp3) is 0.471. The van der Waals surface area contributed by atoms with Gasteiger partial charge in [-0.05, 0) is 36.0 Å². The first-order valence-electron chi connectivity index (χ1n) is 7.54. The lowest BCUT2D eigenvalue weighted by Crippen LogP contribution is -2.04. The van der Waals surface area contributed by atoms with Crippen molar-refractivity contribution < 1.29 is 9.26 Å². The first-order valence-corrected chi connectivity index (χ1v) is 7.54. The predicted octanol–water partition coefficient (Wildman–Crippen LogP) is 4.08. The van der Waals surface area contributed by atoms with E-state index in [-0.39, 0.29) is 0 Å². The smallest absolute Gasteiger partial charge is 0.230 e. The third kappa shape index (κ3) is 2.89. The third-order valence-electron chi connectivity index (χ3n) is 3.93. The van der Waals surface area contributed by atoms with Gasteiger partial charge in [-0.3, -0.25) is 0 Å². The number of benzene rings is 1. The van der Waals surface area contributed by atoms with Crippen LogP contribution in [0.2, 0.25) is 0 Å². The molecule has 0 bridgehead atoms. The Bertz CT molecular complexity index is 616. The molecule has 0 radical (unpaired) electrons. The lowest BCUT2D eigenvalue weighted by molar-refractivity contribution is 0.271. The van der Waals surface area contributed by atoms with Crippen LogP contribution >= 0.6 is 0 Å². The average Bonchev–Trinajstić information content (AvgIpc) is 3.06. The predicted molar refractivity (Wildman–Crippen MR) is 83.2 cm³/mol. The molecule has 1 aromatic heterocycles. The lowest BCUT2D eigenvalue weighted by atomic mass is 10.0. The van der Waals surface area contributed by atoms with Crippen LogP contribution in [0, 0.1) is 11.8 Å². The van der Waals surface area contributed by atoms with E-state index >= 15 is 0 Å². The minimum absolute atomic E-state index is 0.403. The van der Waals surface area contributed by atoms with Crippen molar-refractivity contribution >= 4 is 5.88 Å². The van der Waals surface area contributed by atoms with Crippen molar-refractivity contribution in [2.45, 2.75) is 33.1 Å². The van der Waals surface area contributed by atoms with Crippen molar-refractivity contribution in [2.24, 2.45) is 11.8 Å². The first-order chi connectivity index (χ1) is 10.1. The second kappa shape index (κ2) is 5.43. The Labute approximate surface area is 125 Å². The summed E-state index contributed by atoms with van der Waals surface area (Å²) >= 11 is 0. The quantitative estimate of drug-likeness (QED) is 0.899. The minimum atomic E-state index is 0.403. The molecule has 0 spiro atoms. The maximum absolute atomic E-state index is 5.96. The number of anilines is 1. The molecule has 1 heterocycles. The van der Waals surface area contributed by atoms with Crippen LogP contribution < -0.4 is 10.5 Å². The summed E-state index contributed by atoms with van der Waals surface area (Å²) in [4.78, 5) is 0. The molecule has 4 nitrogen and oxygen atoms in total. The highest BCUT2D eigenvalue weighted by Gasteiger charge is 2.39. The van der Waals surface area contributed by atoms with Gasteiger partial charge in [-0.25, -0.2) is 0 Å². The molecular weight excluding hydrogens is 264 g/mol. The zero-order chi connectivity index (χ0) is 15.0. The molecule has 0 saturated heterocycles. The average molecular weight is 286 g/mol. The molecule has 2 aromatic rings. The Hall–Kier alpha value is -1.97. The van der Waals surface area contributed by atoms with Crippen LogP contribution in [0.4, 0.5) is 5.88 Å². The molecule has 0 amide bonds. The number of hydrogen-bond donors (Lipinski definition) is 1. The first kappa shape index (κ1) is 14.0. The van der Waals surface area contributed by atoms with Gasteiger partial charge >= 0.3 is 0 Å². The van der Waals surface area contributed by atoms with E-state index in [4.69, 9.17) is 15.0 Å². The van der Waals surface area contributed by atoms with Gasteiger partial charge in [-0.15, -0.1) is 0 Å². The molecule has 0 aliphatic heterocycles. The number of ether oxygens (including phenoxy) is 1. The molecule has 4 heteroatoms. The van der Waals surface area contributed by atoms with Gasteiger partial charge in [0.15, 0.2) is 0 Å². The molecule has 1 aliphatic rings. The van der Waals surface area contributed by atoms with Crippen LogP contribution in [-0.2, 0) is 0 Å². The molecule has 112 valence electrons. The molecule has 3 rings (SSSR count). The molecule has 1 saturated carbocycles. The van der Waals surface area contributed by atoms with Crippen molar-refractivity contribution in [3.8, 4) is 16.9 Å². The van der Waals surface area contributed by atoms with E-state index in [2.05, 4.69) is 25.9 Å². The Balaban J connectivity index is 1.82. The van der Waals surface area contributed by atoms with Gasteiger partial charge in [-0.1, -0.05) is 38.1 Å². The summed E-state index contributed by atoms with van der Waals surface area (Å²) < 4.78 is 10.9. The van der Waals surface area contributed by atoms with Gasteiger partial charge in [0.25, 0.3) is 0 Å². The van der Waals surface area contributed by atoms with Crippen LogP contribution in [0.15, 0.2) is 28.8 Å². The normalized spacial score (nSPS) is 20.8. The highest BCUT2D eigenvalue weighted by Crippen LogP contribution is 2.50.